The molecule has 1 amide bonds. The van der Waals surface area contributed by atoms with E-state index in [4.69, 9.17) is 9.73 Å². The molecule has 1 aromatic carbocycles. The second-order valence-electron chi connectivity index (χ2n) is 8.64. The van der Waals surface area contributed by atoms with Crippen LogP contribution in [0, 0.1) is 0 Å². The quantitative estimate of drug-likeness (QED) is 0.363. The molecule has 0 unspecified atom stereocenters. The predicted octanol–water partition coefficient (Wildman–Crippen LogP) is 4.92. The van der Waals surface area contributed by atoms with Crippen molar-refractivity contribution in [2.45, 2.75) is 61.3 Å². The summed E-state index contributed by atoms with van der Waals surface area (Å²) in [7, 11) is 1.77. The van der Waals surface area contributed by atoms with Crippen molar-refractivity contribution in [2.24, 2.45) is 12.0 Å². The Hall–Kier alpha value is -3.00. The molecule has 3 rings (SSSR count). The number of piperazine rings is 1. The van der Waals surface area contributed by atoms with Gasteiger partial charge in [0.2, 0.25) is 0 Å². The number of aromatic nitrogens is 2. The molecule has 0 aliphatic carbocycles. The number of ketones is 1. The Bertz CT molecular complexity index is 1070. The van der Waals surface area contributed by atoms with Gasteiger partial charge in [-0.1, -0.05) is 34.1 Å². The van der Waals surface area contributed by atoms with Gasteiger partial charge in [-0.3, -0.25) is 14.3 Å². The van der Waals surface area contributed by atoms with E-state index < -0.39 is 0 Å². The van der Waals surface area contributed by atoms with Gasteiger partial charge in [0.15, 0.2) is 5.78 Å². The molecule has 0 atom stereocenters. The number of benzene rings is 1. The summed E-state index contributed by atoms with van der Waals surface area (Å²) in [5.41, 5.74) is 3.94. The molecule has 1 fully saturated rings. The molecule has 0 saturated carbocycles. The zero-order chi connectivity index (χ0) is 26.8. The summed E-state index contributed by atoms with van der Waals surface area (Å²) < 4.78 is 7.48. The highest BCUT2D eigenvalue weighted by Crippen LogP contribution is 2.29. The number of rotatable bonds is 9. The molecule has 0 spiro atoms. The van der Waals surface area contributed by atoms with Crippen molar-refractivity contribution >= 4 is 23.1 Å². The predicted molar refractivity (Wildman–Crippen MR) is 146 cm³/mol. The van der Waals surface area contributed by atoms with Crippen LogP contribution in [0.2, 0.25) is 0 Å². The number of aliphatic imine (C=N–C) groups is 1. The third-order valence-electron chi connectivity index (χ3n) is 6.21. The van der Waals surface area contributed by atoms with Crippen molar-refractivity contribution in [3.63, 3.8) is 0 Å². The minimum atomic E-state index is -0.0796. The van der Waals surface area contributed by atoms with E-state index in [1.807, 2.05) is 50.8 Å². The summed E-state index contributed by atoms with van der Waals surface area (Å²) in [6.07, 6.45) is 1.63. The number of hydrogen-bond donors (Lipinski definition) is 0. The third kappa shape index (κ3) is 6.81. The van der Waals surface area contributed by atoms with E-state index in [-0.39, 0.29) is 11.7 Å². The van der Waals surface area contributed by atoms with Gasteiger partial charge in [0.05, 0.1) is 12.3 Å². The number of likely N-dealkylation sites (N-methyl/N-ethyl adjacent to an activating group) is 1. The van der Waals surface area contributed by atoms with Crippen molar-refractivity contribution in [1.82, 2.24) is 19.6 Å². The van der Waals surface area contributed by atoms with Gasteiger partial charge in [-0.05, 0) is 45.0 Å². The summed E-state index contributed by atoms with van der Waals surface area (Å²) in [6.45, 7) is 18.3. The number of carbonyl (C=O) groups is 2. The van der Waals surface area contributed by atoms with Crippen LogP contribution < -0.4 is 4.74 Å². The first kappa shape index (κ1) is 29.2. The molecule has 0 N–H and O–H groups in total. The van der Waals surface area contributed by atoms with Crippen molar-refractivity contribution in [2.75, 3.05) is 39.3 Å². The first-order chi connectivity index (χ1) is 17.3. The fraction of sp³-hybridized carbons (Fsp3) is 0.571. The fourth-order valence-corrected chi connectivity index (χ4v) is 4.39. The molecule has 1 aliphatic heterocycles. The monoisotopic (exact) mass is 497 g/mol. The van der Waals surface area contributed by atoms with Gasteiger partial charge in [-0.15, -0.1) is 0 Å². The Kier molecular flexibility index (Phi) is 11.3. The van der Waals surface area contributed by atoms with Crippen LogP contribution in [0.25, 0.3) is 0 Å². The van der Waals surface area contributed by atoms with Gasteiger partial charge < -0.3 is 14.5 Å². The lowest BCUT2D eigenvalue weighted by Gasteiger charge is -2.34. The number of hydrogen-bond acceptors (Lipinski definition) is 6. The highest BCUT2D eigenvalue weighted by atomic mass is 16.5. The Morgan fingerprint density at radius 1 is 1.06 bits per heavy atom. The molecule has 0 bridgehead atoms. The van der Waals surface area contributed by atoms with Crippen molar-refractivity contribution < 1.29 is 14.3 Å². The van der Waals surface area contributed by atoms with Gasteiger partial charge >= 0.3 is 0 Å². The average Bonchev–Trinajstić information content (AvgIpc) is 3.19. The topological polar surface area (TPSA) is 80.0 Å². The molecule has 1 saturated heterocycles. The van der Waals surface area contributed by atoms with Crippen LogP contribution in [0.5, 0.6) is 5.75 Å². The Labute approximate surface area is 216 Å². The number of carbonyl (C=O) groups excluding carboxylic acids is 2. The van der Waals surface area contributed by atoms with Crippen LogP contribution in [0.3, 0.4) is 0 Å². The maximum Gasteiger partial charge on any atom is 0.253 e. The van der Waals surface area contributed by atoms with E-state index in [1.165, 1.54) is 6.92 Å². The molecule has 1 aromatic heterocycles. The third-order valence-corrected chi connectivity index (χ3v) is 6.21. The second-order valence-corrected chi connectivity index (χ2v) is 8.64. The van der Waals surface area contributed by atoms with E-state index in [2.05, 4.69) is 23.8 Å². The lowest BCUT2D eigenvalue weighted by Crippen LogP contribution is -2.48. The SMILES string of the molecule is CC.CCCc1nn(C)c(C(C)=O)c1N=C(C)c1cc(C(=O)N2CCN(CC)CC2)ccc1OCC. The number of amides is 1. The fourth-order valence-electron chi connectivity index (χ4n) is 4.39. The van der Waals surface area contributed by atoms with Gasteiger partial charge in [-0.2, -0.15) is 5.10 Å². The molecule has 198 valence electrons. The summed E-state index contributed by atoms with van der Waals surface area (Å²) in [5, 5.41) is 4.54. The first-order valence-corrected chi connectivity index (χ1v) is 13.2. The van der Waals surface area contributed by atoms with Gasteiger partial charge in [0.1, 0.15) is 17.1 Å². The largest absolute Gasteiger partial charge is 0.493 e. The lowest BCUT2D eigenvalue weighted by molar-refractivity contribution is 0.0643. The summed E-state index contributed by atoms with van der Waals surface area (Å²) in [5.74, 6) is 0.607. The molecule has 8 nitrogen and oxygen atoms in total. The Morgan fingerprint density at radius 2 is 1.72 bits per heavy atom. The Morgan fingerprint density at radius 3 is 2.28 bits per heavy atom. The van der Waals surface area contributed by atoms with Crippen LogP contribution in [0.15, 0.2) is 23.2 Å². The summed E-state index contributed by atoms with van der Waals surface area (Å²) >= 11 is 0. The first-order valence-electron chi connectivity index (χ1n) is 13.2. The normalized spacial score (nSPS) is 14.3. The molecule has 36 heavy (non-hydrogen) atoms. The minimum absolute atomic E-state index is 0.0188. The molecule has 0 radical (unpaired) electrons. The maximum atomic E-state index is 13.3. The summed E-state index contributed by atoms with van der Waals surface area (Å²) in [6, 6.07) is 5.53. The Balaban J connectivity index is 0.00000222. The molecule has 2 heterocycles. The highest BCUT2D eigenvalue weighted by Gasteiger charge is 2.23. The standard InChI is InChI=1S/C26H37N5O3.C2H6/c1-7-10-22-24(25(19(5)32)29(6)28-22)27-18(4)21-17-20(11-12-23(21)34-9-3)26(33)31-15-13-30(8-2)14-16-31;1-2/h11-12,17H,7-10,13-16H2,1-6H3;1-2H3. The van der Waals surface area contributed by atoms with Gasteiger partial charge in [0.25, 0.3) is 5.91 Å². The number of nitrogens with zero attached hydrogens (tertiary/aromatic N) is 5. The van der Waals surface area contributed by atoms with Crippen molar-refractivity contribution in [3.05, 3.63) is 40.7 Å². The highest BCUT2D eigenvalue weighted by molar-refractivity contribution is 6.07. The van der Waals surface area contributed by atoms with E-state index in [0.29, 0.717) is 35.0 Å². The smallest absolute Gasteiger partial charge is 0.253 e. The van der Waals surface area contributed by atoms with Crippen LogP contribution in [-0.4, -0.2) is 76.3 Å². The zero-order valence-corrected chi connectivity index (χ0v) is 23.3. The zero-order valence-electron chi connectivity index (χ0n) is 23.3. The minimum Gasteiger partial charge on any atom is -0.493 e. The maximum absolute atomic E-state index is 13.3. The average molecular weight is 498 g/mol. The van der Waals surface area contributed by atoms with E-state index in [1.54, 1.807) is 11.7 Å². The van der Waals surface area contributed by atoms with E-state index >= 15 is 0 Å². The molecular weight excluding hydrogens is 454 g/mol. The number of Topliss-reactive ketones (excluding diaryl/α,β-unsaturated/α-hetero) is 1. The van der Waals surface area contributed by atoms with Crippen molar-refractivity contribution in [1.29, 1.82) is 0 Å². The van der Waals surface area contributed by atoms with E-state index in [9.17, 15) is 9.59 Å². The molecule has 8 heteroatoms. The molecule has 1 aliphatic rings. The lowest BCUT2D eigenvalue weighted by atomic mass is 10.0. The number of aryl methyl sites for hydroxylation is 2. The van der Waals surface area contributed by atoms with Crippen LogP contribution in [0.1, 0.15) is 87.0 Å². The van der Waals surface area contributed by atoms with E-state index in [0.717, 1.165) is 56.8 Å². The molecular formula is C28H43N5O3. The van der Waals surface area contributed by atoms with Gasteiger partial charge in [0, 0.05) is 57.0 Å². The summed E-state index contributed by atoms with van der Waals surface area (Å²) in [4.78, 5) is 34.7. The van der Waals surface area contributed by atoms with Crippen LogP contribution >= 0.6 is 0 Å². The van der Waals surface area contributed by atoms with Gasteiger partial charge in [-0.25, -0.2) is 4.99 Å². The second kappa shape index (κ2) is 13.9. The van der Waals surface area contributed by atoms with Crippen LogP contribution in [0.4, 0.5) is 5.69 Å². The number of ether oxygens (including phenoxy) is 1. The molecule has 2 aromatic rings. The van der Waals surface area contributed by atoms with Crippen LogP contribution in [-0.2, 0) is 13.5 Å². The van der Waals surface area contributed by atoms with Crippen molar-refractivity contribution in [3.8, 4) is 5.75 Å².